The van der Waals surface area contributed by atoms with Crippen molar-refractivity contribution in [3.05, 3.63) is 77.9 Å². The van der Waals surface area contributed by atoms with E-state index in [1.165, 1.54) is 61.8 Å². The number of likely N-dealkylation sites (tertiary alicyclic amines) is 1. The van der Waals surface area contributed by atoms with Crippen molar-refractivity contribution in [3.63, 3.8) is 0 Å². The molecule has 144 valence electrons. The number of para-hydroxylation sites is 1. The van der Waals surface area contributed by atoms with Gasteiger partial charge in [-0.1, -0.05) is 54.6 Å². The highest BCUT2D eigenvalue weighted by Crippen LogP contribution is 2.46. The summed E-state index contributed by atoms with van der Waals surface area (Å²) in [5.74, 6) is 0. The summed E-state index contributed by atoms with van der Waals surface area (Å²) in [5, 5.41) is 2.94. The molecule has 1 spiro atoms. The number of benzene rings is 3. The van der Waals surface area contributed by atoms with Crippen molar-refractivity contribution in [1.29, 1.82) is 0 Å². The highest BCUT2D eigenvalue weighted by molar-refractivity contribution is 5.91. The molecule has 6 rings (SSSR count). The van der Waals surface area contributed by atoms with Crippen molar-refractivity contribution >= 4 is 28.9 Å². The van der Waals surface area contributed by atoms with Crippen LogP contribution in [-0.4, -0.2) is 30.1 Å². The number of piperidine rings is 1. The van der Waals surface area contributed by atoms with Crippen LogP contribution in [0.5, 0.6) is 0 Å². The van der Waals surface area contributed by atoms with Gasteiger partial charge in [-0.05, 0) is 59.7 Å². The van der Waals surface area contributed by atoms with Gasteiger partial charge in [0.25, 0.3) is 0 Å². The minimum Gasteiger partial charge on any atom is -0.366 e. The van der Waals surface area contributed by atoms with E-state index in [9.17, 15) is 0 Å². The second-order valence-electron chi connectivity index (χ2n) is 8.58. The highest BCUT2D eigenvalue weighted by Gasteiger charge is 2.47. The first-order valence-corrected chi connectivity index (χ1v) is 10.4. The van der Waals surface area contributed by atoms with E-state index < -0.39 is 0 Å². The number of nitrogens with zero attached hydrogens (tertiary/aromatic N) is 2. The topological polar surface area (TPSA) is 6.48 Å². The van der Waals surface area contributed by atoms with Crippen molar-refractivity contribution in [2.75, 3.05) is 24.5 Å². The molecule has 2 fully saturated rings. The van der Waals surface area contributed by atoms with E-state index in [1.807, 2.05) is 0 Å². The molecule has 1 aliphatic carbocycles. The maximum atomic E-state index is 2.77. The van der Waals surface area contributed by atoms with Crippen LogP contribution >= 0.6 is 12.4 Å². The van der Waals surface area contributed by atoms with Crippen LogP contribution in [-0.2, 0) is 6.42 Å². The van der Waals surface area contributed by atoms with Gasteiger partial charge in [-0.2, -0.15) is 0 Å². The minimum atomic E-state index is 0. The Labute approximate surface area is 173 Å². The summed E-state index contributed by atoms with van der Waals surface area (Å²) in [6.45, 7) is 3.66. The van der Waals surface area contributed by atoms with Crippen LogP contribution in [0.25, 0.3) is 10.8 Å². The van der Waals surface area contributed by atoms with E-state index in [2.05, 4.69) is 76.5 Å². The van der Waals surface area contributed by atoms with E-state index in [0.29, 0.717) is 11.6 Å². The molecular weight excluding hydrogens is 364 g/mol. The molecule has 3 aromatic carbocycles. The first-order chi connectivity index (χ1) is 13.3. The predicted molar refractivity (Wildman–Crippen MR) is 120 cm³/mol. The van der Waals surface area contributed by atoms with Gasteiger partial charge in [0.1, 0.15) is 0 Å². The molecule has 2 nitrogen and oxygen atoms in total. The normalized spacial score (nSPS) is 22.9. The smallest absolute Gasteiger partial charge is 0.0443 e. The summed E-state index contributed by atoms with van der Waals surface area (Å²) < 4.78 is 0. The molecule has 3 aromatic rings. The SMILES string of the molecule is Cl.c1ccc(N2CCC23CCN(C2Cc4cccc5cccc2c45)CC3)cc1. The molecule has 0 bridgehead atoms. The lowest BCUT2D eigenvalue weighted by molar-refractivity contribution is 0.0862. The lowest BCUT2D eigenvalue weighted by Gasteiger charge is -2.58. The Morgan fingerprint density at radius 2 is 1.46 bits per heavy atom. The molecule has 2 aliphatic heterocycles. The standard InChI is InChI=1S/C25H26N2.ClH/c1-2-9-21(10-3-1)27-17-14-25(27)12-15-26(16-13-25)23-18-20-8-4-6-19-7-5-11-22(23)24(19)20;/h1-11,23H,12-18H2;1H. The molecule has 3 aliphatic rings. The lowest BCUT2D eigenvalue weighted by Crippen LogP contribution is -2.64. The summed E-state index contributed by atoms with van der Waals surface area (Å²) in [5.41, 5.74) is 4.93. The van der Waals surface area contributed by atoms with Crippen molar-refractivity contribution < 1.29 is 0 Å². The summed E-state index contributed by atoms with van der Waals surface area (Å²) in [4.78, 5) is 5.44. The van der Waals surface area contributed by atoms with E-state index in [-0.39, 0.29) is 12.4 Å². The van der Waals surface area contributed by atoms with Crippen LogP contribution in [0.3, 0.4) is 0 Å². The Morgan fingerprint density at radius 3 is 2.18 bits per heavy atom. The van der Waals surface area contributed by atoms with E-state index in [4.69, 9.17) is 0 Å². The monoisotopic (exact) mass is 390 g/mol. The molecule has 0 radical (unpaired) electrons. The van der Waals surface area contributed by atoms with Gasteiger partial charge in [0.05, 0.1) is 0 Å². The van der Waals surface area contributed by atoms with Crippen molar-refractivity contribution in [3.8, 4) is 0 Å². The number of hydrogen-bond donors (Lipinski definition) is 0. The first-order valence-electron chi connectivity index (χ1n) is 10.4. The zero-order chi connectivity index (χ0) is 17.8. The third-order valence-electron chi connectivity index (χ3n) is 7.41. The van der Waals surface area contributed by atoms with Crippen LogP contribution in [0.15, 0.2) is 66.7 Å². The van der Waals surface area contributed by atoms with Crippen LogP contribution in [0, 0.1) is 0 Å². The third kappa shape index (κ3) is 2.58. The molecule has 0 N–H and O–H groups in total. The predicted octanol–water partition coefficient (Wildman–Crippen LogP) is 5.60. The van der Waals surface area contributed by atoms with Crippen molar-refractivity contribution in [2.24, 2.45) is 0 Å². The van der Waals surface area contributed by atoms with Gasteiger partial charge >= 0.3 is 0 Å². The van der Waals surface area contributed by atoms with Gasteiger partial charge in [-0.25, -0.2) is 0 Å². The summed E-state index contributed by atoms with van der Waals surface area (Å²) in [7, 11) is 0. The number of halogens is 1. The van der Waals surface area contributed by atoms with Crippen molar-refractivity contribution in [2.45, 2.75) is 37.3 Å². The zero-order valence-electron chi connectivity index (χ0n) is 16.2. The molecule has 0 aromatic heterocycles. The molecule has 0 saturated carbocycles. The fourth-order valence-electron chi connectivity index (χ4n) is 5.86. The fraction of sp³-hybridized carbons (Fsp3) is 0.360. The number of rotatable bonds is 2. The summed E-state index contributed by atoms with van der Waals surface area (Å²) in [6, 6.07) is 25.3. The Balaban J connectivity index is 0.00000171. The zero-order valence-corrected chi connectivity index (χ0v) is 17.0. The second kappa shape index (κ2) is 6.79. The highest BCUT2D eigenvalue weighted by atomic mass is 35.5. The van der Waals surface area contributed by atoms with E-state index in [0.717, 1.165) is 0 Å². The first kappa shape index (κ1) is 18.0. The van der Waals surface area contributed by atoms with E-state index >= 15 is 0 Å². The molecule has 3 heteroatoms. The maximum absolute atomic E-state index is 2.77. The maximum Gasteiger partial charge on any atom is 0.0443 e. The Kier molecular flexibility index (Phi) is 4.37. The molecule has 1 unspecified atom stereocenters. The average Bonchev–Trinajstić information content (AvgIpc) is 3.09. The fourth-order valence-corrected chi connectivity index (χ4v) is 5.86. The third-order valence-corrected chi connectivity index (χ3v) is 7.41. The molecule has 28 heavy (non-hydrogen) atoms. The van der Waals surface area contributed by atoms with Gasteiger partial charge in [-0.15, -0.1) is 12.4 Å². The van der Waals surface area contributed by atoms with Crippen LogP contribution in [0.1, 0.15) is 36.4 Å². The molecular formula is C25H27ClN2. The molecule has 0 amide bonds. The Hall–Kier alpha value is -2.03. The molecule has 2 saturated heterocycles. The minimum absolute atomic E-state index is 0. The van der Waals surface area contributed by atoms with Gasteiger partial charge in [0.2, 0.25) is 0 Å². The molecule has 2 heterocycles. The van der Waals surface area contributed by atoms with Crippen molar-refractivity contribution in [1.82, 2.24) is 4.90 Å². The number of hydrogen-bond acceptors (Lipinski definition) is 2. The van der Waals surface area contributed by atoms with Gasteiger partial charge < -0.3 is 4.90 Å². The van der Waals surface area contributed by atoms with Crippen LogP contribution in [0.2, 0.25) is 0 Å². The summed E-state index contributed by atoms with van der Waals surface area (Å²) in [6.07, 6.45) is 5.14. The Morgan fingerprint density at radius 1 is 0.750 bits per heavy atom. The van der Waals surface area contributed by atoms with Gasteiger partial charge in [0.15, 0.2) is 0 Å². The van der Waals surface area contributed by atoms with Gasteiger partial charge in [0, 0.05) is 36.9 Å². The van der Waals surface area contributed by atoms with Crippen LogP contribution < -0.4 is 4.90 Å². The Bertz CT molecular complexity index is 987. The molecule has 1 atom stereocenters. The quantitative estimate of drug-likeness (QED) is 0.561. The second-order valence-corrected chi connectivity index (χ2v) is 8.58. The lowest BCUT2D eigenvalue weighted by atomic mass is 9.75. The van der Waals surface area contributed by atoms with Gasteiger partial charge in [-0.3, -0.25) is 4.90 Å². The number of anilines is 1. The van der Waals surface area contributed by atoms with Crippen LogP contribution in [0.4, 0.5) is 5.69 Å². The summed E-state index contributed by atoms with van der Waals surface area (Å²) >= 11 is 0. The van der Waals surface area contributed by atoms with E-state index in [1.54, 1.807) is 11.1 Å². The average molecular weight is 391 g/mol. The largest absolute Gasteiger partial charge is 0.366 e.